The van der Waals surface area contributed by atoms with Gasteiger partial charge in [0.25, 0.3) is 0 Å². The maximum Gasteiger partial charge on any atom is 0.413 e. The summed E-state index contributed by atoms with van der Waals surface area (Å²) in [6.45, 7) is 0.713. The second kappa shape index (κ2) is 6.43. The SMILES string of the molecule is NN1CCCCC1OC(=O)Nc1c(Cl)cccc1Cl. The van der Waals surface area contributed by atoms with Crippen LogP contribution in [0.2, 0.25) is 10.0 Å². The van der Waals surface area contributed by atoms with Crippen molar-refractivity contribution in [1.29, 1.82) is 0 Å². The van der Waals surface area contributed by atoms with Crippen molar-refractivity contribution in [2.45, 2.75) is 25.5 Å². The molecule has 0 radical (unpaired) electrons. The van der Waals surface area contributed by atoms with Crippen molar-refractivity contribution < 1.29 is 9.53 Å². The van der Waals surface area contributed by atoms with Crippen molar-refractivity contribution in [1.82, 2.24) is 5.01 Å². The number of ether oxygens (including phenoxy) is 1. The molecule has 1 saturated heterocycles. The van der Waals surface area contributed by atoms with Crippen LogP contribution in [0.1, 0.15) is 19.3 Å². The molecule has 7 heteroatoms. The number of hydrazine groups is 1. The number of anilines is 1. The molecule has 1 aliphatic heterocycles. The van der Waals surface area contributed by atoms with E-state index in [0.29, 0.717) is 22.3 Å². The number of hydrogen-bond donors (Lipinski definition) is 2. The quantitative estimate of drug-likeness (QED) is 0.823. The molecule has 1 unspecified atom stereocenters. The number of nitrogens with two attached hydrogens (primary N) is 1. The molecule has 1 aliphatic rings. The van der Waals surface area contributed by atoms with E-state index in [-0.39, 0.29) is 0 Å². The number of benzene rings is 1. The zero-order chi connectivity index (χ0) is 13.8. The second-order valence-electron chi connectivity index (χ2n) is 4.32. The van der Waals surface area contributed by atoms with Crippen LogP contribution in [0.4, 0.5) is 10.5 Å². The summed E-state index contributed by atoms with van der Waals surface area (Å²) in [6.07, 6.45) is 1.69. The summed E-state index contributed by atoms with van der Waals surface area (Å²) in [5.41, 5.74) is 0.343. The maximum atomic E-state index is 11.8. The summed E-state index contributed by atoms with van der Waals surface area (Å²) in [7, 11) is 0. The van der Waals surface area contributed by atoms with Crippen LogP contribution in [0.15, 0.2) is 18.2 Å². The summed E-state index contributed by atoms with van der Waals surface area (Å²) < 4.78 is 5.25. The Morgan fingerprint density at radius 1 is 1.37 bits per heavy atom. The molecule has 2 rings (SSSR count). The highest BCUT2D eigenvalue weighted by molar-refractivity contribution is 6.39. The molecule has 1 amide bonds. The minimum atomic E-state index is -0.614. The molecule has 1 aromatic carbocycles. The van der Waals surface area contributed by atoms with Crippen molar-refractivity contribution in [3.05, 3.63) is 28.2 Å². The van der Waals surface area contributed by atoms with Crippen molar-refractivity contribution >= 4 is 35.0 Å². The monoisotopic (exact) mass is 303 g/mol. The van der Waals surface area contributed by atoms with Gasteiger partial charge in [-0.15, -0.1) is 0 Å². The normalized spacial score (nSPS) is 20.1. The molecule has 1 heterocycles. The van der Waals surface area contributed by atoms with Crippen molar-refractivity contribution in [2.75, 3.05) is 11.9 Å². The lowest BCUT2D eigenvalue weighted by molar-refractivity contribution is -0.0321. The largest absolute Gasteiger partial charge is 0.429 e. The highest BCUT2D eigenvalue weighted by atomic mass is 35.5. The predicted octanol–water partition coefficient (Wildman–Crippen LogP) is 3.23. The molecule has 0 aromatic heterocycles. The number of rotatable bonds is 2. The number of nitrogens with zero attached hydrogens (tertiary/aromatic N) is 1. The van der Waals surface area contributed by atoms with Crippen molar-refractivity contribution in [3.8, 4) is 0 Å². The van der Waals surface area contributed by atoms with Gasteiger partial charge in [-0.25, -0.2) is 9.80 Å². The topological polar surface area (TPSA) is 67.6 Å². The van der Waals surface area contributed by atoms with Crippen molar-refractivity contribution in [3.63, 3.8) is 0 Å². The zero-order valence-corrected chi connectivity index (χ0v) is 11.7. The number of carbonyl (C=O) groups excluding carboxylic acids is 1. The van der Waals surface area contributed by atoms with E-state index in [9.17, 15) is 4.79 Å². The minimum Gasteiger partial charge on any atom is -0.429 e. The number of hydrogen-bond acceptors (Lipinski definition) is 4. The van der Waals surface area contributed by atoms with E-state index >= 15 is 0 Å². The third kappa shape index (κ3) is 3.73. The molecule has 0 saturated carbocycles. The van der Waals surface area contributed by atoms with Gasteiger partial charge in [0.05, 0.1) is 15.7 Å². The number of piperidine rings is 1. The van der Waals surface area contributed by atoms with Gasteiger partial charge in [0.15, 0.2) is 6.23 Å². The van der Waals surface area contributed by atoms with Gasteiger partial charge in [0.1, 0.15) is 0 Å². The zero-order valence-electron chi connectivity index (χ0n) is 10.2. The summed E-state index contributed by atoms with van der Waals surface area (Å²) in [4.78, 5) is 11.8. The first kappa shape index (κ1) is 14.4. The second-order valence-corrected chi connectivity index (χ2v) is 5.13. The van der Waals surface area contributed by atoms with Crippen LogP contribution in [-0.4, -0.2) is 23.9 Å². The Morgan fingerprint density at radius 3 is 2.68 bits per heavy atom. The Hall–Kier alpha value is -1.01. The minimum absolute atomic E-state index is 0.343. The lowest BCUT2D eigenvalue weighted by atomic mass is 10.1. The summed E-state index contributed by atoms with van der Waals surface area (Å²) in [5.74, 6) is 5.76. The van der Waals surface area contributed by atoms with Gasteiger partial charge in [-0.2, -0.15) is 0 Å². The smallest absolute Gasteiger partial charge is 0.413 e. The third-order valence-corrected chi connectivity index (χ3v) is 3.55. The third-order valence-electron chi connectivity index (χ3n) is 2.92. The van der Waals surface area contributed by atoms with Gasteiger partial charge in [-0.1, -0.05) is 29.3 Å². The Morgan fingerprint density at radius 2 is 2.05 bits per heavy atom. The molecule has 1 atom stereocenters. The van der Waals surface area contributed by atoms with Gasteiger partial charge in [0.2, 0.25) is 0 Å². The molecule has 1 fully saturated rings. The number of halogens is 2. The highest BCUT2D eigenvalue weighted by Gasteiger charge is 2.23. The van der Waals surface area contributed by atoms with E-state index in [2.05, 4.69) is 5.32 Å². The average Bonchev–Trinajstić information content (AvgIpc) is 2.37. The van der Waals surface area contributed by atoms with E-state index in [1.54, 1.807) is 18.2 Å². The summed E-state index contributed by atoms with van der Waals surface area (Å²) in [5, 5.41) is 4.78. The lowest BCUT2D eigenvalue weighted by Gasteiger charge is -2.30. The predicted molar refractivity (Wildman–Crippen MR) is 75.1 cm³/mol. The van der Waals surface area contributed by atoms with Crippen LogP contribution < -0.4 is 11.2 Å². The standard InChI is InChI=1S/C12H15Cl2N3O2/c13-8-4-3-5-9(14)11(8)16-12(18)19-10-6-1-2-7-17(10)15/h3-5,10H,1-2,6-7,15H2,(H,16,18). The van der Waals surface area contributed by atoms with Gasteiger partial charge in [-0.05, 0) is 31.4 Å². The Balaban J connectivity index is 1.97. The molecule has 19 heavy (non-hydrogen) atoms. The molecule has 5 nitrogen and oxygen atoms in total. The first-order chi connectivity index (χ1) is 9.08. The van der Waals surface area contributed by atoms with Crippen LogP contribution in [0, 0.1) is 0 Å². The molecule has 0 spiro atoms. The molecule has 104 valence electrons. The van der Waals surface area contributed by atoms with Crippen LogP contribution in [-0.2, 0) is 4.74 Å². The summed E-state index contributed by atoms with van der Waals surface area (Å²) in [6, 6.07) is 4.97. The molecular weight excluding hydrogens is 289 g/mol. The maximum absolute atomic E-state index is 11.8. The van der Waals surface area contributed by atoms with Crippen LogP contribution >= 0.6 is 23.2 Å². The van der Waals surface area contributed by atoms with Gasteiger partial charge in [0, 0.05) is 6.54 Å². The number of amides is 1. The van der Waals surface area contributed by atoms with Gasteiger partial charge < -0.3 is 4.74 Å². The number of para-hydroxylation sites is 1. The first-order valence-corrected chi connectivity index (χ1v) is 6.76. The van der Waals surface area contributed by atoms with E-state index < -0.39 is 12.3 Å². The van der Waals surface area contributed by atoms with E-state index in [1.807, 2.05) is 0 Å². The number of nitrogens with one attached hydrogen (secondary N) is 1. The van der Waals surface area contributed by atoms with Gasteiger partial charge in [-0.3, -0.25) is 11.2 Å². The molecule has 0 bridgehead atoms. The van der Waals surface area contributed by atoms with E-state index in [4.69, 9.17) is 33.8 Å². The average molecular weight is 304 g/mol. The van der Waals surface area contributed by atoms with Crippen LogP contribution in [0.25, 0.3) is 0 Å². The van der Waals surface area contributed by atoms with Gasteiger partial charge >= 0.3 is 6.09 Å². The van der Waals surface area contributed by atoms with E-state index in [1.165, 1.54) is 5.01 Å². The van der Waals surface area contributed by atoms with Crippen molar-refractivity contribution in [2.24, 2.45) is 5.84 Å². The highest BCUT2D eigenvalue weighted by Crippen LogP contribution is 2.30. The van der Waals surface area contributed by atoms with Crippen LogP contribution in [0.3, 0.4) is 0 Å². The molecule has 3 N–H and O–H groups in total. The summed E-state index contributed by atoms with van der Waals surface area (Å²) >= 11 is 11.9. The molecule has 0 aliphatic carbocycles. The Kier molecular flexibility index (Phi) is 4.87. The Labute approximate surface area is 121 Å². The Bertz CT molecular complexity index is 450. The first-order valence-electron chi connectivity index (χ1n) is 6.01. The lowest BCUT2D eigenvalue weighted by Crippen LogP contribution is -2.47. The fourth-order valence-corrected chi connectivity index (χ4v) is 2.41. The molecule has 1 aromatic rings. The van der Waals surface area contributed by atoms with Crippen LogP contribution in [0.5, 0.6) is 0 Å². The van der Waals surface area contributed by atoms with E-state index in [0.717, 1.165) is 19.3 Å². The number of carbonyl (C=O) groups is 1. The fourth-order valence-electron chi connectivity index (χ4n) is 1.92. The molecular formula is C12H15Cl2N3O2. The fraction of sp³-hybridized carbons (Fsp3) is 0.417.